The van der Waals surface area contributed by atoms with Gasteiger partial charge in [-0.2, -0.15) is 0 Å². The molecule has 0 aliphatic heterocycles. The van der Waals surface area contributed by atoms with Gasteiger partial charge < -0.3 is 4.74 Å². The van der Waals surface area contributed by atoms with Crippen LogP contribution in [0.5, 0.6) is 0 Å². The van der Waals surface area contributed by atoms with Crippen LogP contribution in [0.25, 0.3) is 0 Å². The van der Waals surface area contributed by atoms with E-state index in [0.717, 1.165) is 33.6 Å². The first-order valence-corrected chi connectivity index (χ1v) is 8.65. The molecule has 1 aromatic rings. The number of rotatable bonds is 8. The molecule has 6 heteroatoms. The summed E-state index contributed by atoms with van der Waals surface area (Å²) in [6.07, 6.45) is 4.75. The first-order valence-electron chi connectivity index (χ1n) is 6.40. The van der Waals surface area contributed by atoms with Gasteiger partial charge in [0.25, 0.3) is 0 Å². The molecule has 0 spiro atoms. The minimum absolute atomic E-state index is 0.0951. The Hall–Kier alpha value is -0.200. The fourth-order valence-corrected chi connectivity index (χ4v) is 3.87. The van der Waals surface area contributed by atoms with Crippen molar-refractivity contribution in [1.82, 2.24) is 4.98 Å². The molecule has 0 aromatic carbocycles. The predicted octanol–water partition coefficient (Wildman–Crippen LogP) is 4.28. The number of thiol groups is 1. The Kier molecular flexibility index (Phi) is 7.25. The molecule has 1 aromatic heterocycles. The third-order valence-corrected chi connectivity index (χ3v) is 5.15. The molecule has 1 heterocycles. The van der Waals surface area contributed by atoms with Crippen LogP contribution in [0.15, 0.2) is 14.7 Å². The molecule has 0 saturated carbocycles. The molecular weight excluding hydrogens is 298 g/mol. The summed E-state index contributed by atoms with van der Waals surface area (Å²) in [5.74, 6) is 0.932. The average Bonchev–Trinajstić information content (AvgIpc) is 2.75. The van der Waals surface area contributed by atoms with Crippen LogP contribution in [0.2, 0.25) is 0 Å². The summed E-state index contributed by atoms with van der Waals surface area (Å²) in [6.45, 7) is 6.20. The Morgan fingerprint density at radius 3 is 2.84 bits per heavy atom. The van der Waals surface area contributed by atoms with Crippen molar-refractivity contribution >= 4 is 41.7 Å². The number of hydrogen-bond acceptors (Lipinski definition) is 6. The maximum Gasteiger partial charge on any atom is 0.311 e. The van der Waals surface area contributed by atoms with Gasteiger partial charge in [0, 0.05) is 5.75 Å². The molecule has 0 unspecified atom stereocenters. The molecule has 0 fully saturated rings. The Bertz CT molecular complexity index is 404. The fraction of sp³-hybridized carbons (Fsp3) is 0.692. The number of carbonyl (C=O) groups excluding carboxylic acids is 1. The fourth-order valence-electron chi connectivity index (χ4n) is 1.57. The molecule has 3 nitrogen and oxygen atoms in total. The Morgan fingerprint density at radius 2 is 2.26 bits per heavy atom. The zero-order valence-electron chi connectivity index (χ0n) is 11.6. The zero-order chi connectivity index (χ0) is 14.3. The number of esters is 1. The van der Waals surface area contributed by atoms with Gasteiger partial charge in [-0.15, -0.1) is 24.0 Å². The van der Waals surface area contributed by atoms with E-state index in [9.17, 15) is 4.79 Å². The molecule has 0 saturated heterocycles. The van der Waals surface area contributed by atoms with E-state index in [0.29, 0.717) is 6.61 Å². The van der Waals surface area contributed by atoms with Crippen LogP contribution in [0.1, 0.15) is 40.0 Å². The van der Waals surface area contributed by atoms with E-state index >= 15 is 0 Å². The van der Waals surface area contributed by atoms with Crippen LogP contribution in [0.4, 0.5) is 0 Å². The quantitative estimate of drug-likeness (QED) is 0.336. The second kappa shape index (κ2) is 8.17. The number of ether oxygens (including phenoxy) is 1. The molecule has 0 N–H and O–H groups in total. The van der Waals surface area contributed by atoms with Crippen molar-refractivity contribution in [3.8, 4) is 0 Å². The van der Waals surface area contributed by atoms with Crippen molar-refractivity contribution in [1.29, 1.82) is 0 Å². The van der Waals surface area contributed by atoms with E-state index in [1.807, 2.05) is 20.8 Å². The van der Waals surface area contributed by atoms with Gasteiger partial charge in [0.1, 0.15) is 0 Å². The lowest BCUT2D eigenvalue weighted by molar-refractivity contribution is -0.153. The number of unbranched alkanes of at least 4 members (excludes halogenated alkanes) is 1. The second-order valence-corrected chi connectivity index (χ2v) is 8.03. The normalized spacial score (nSPS) is 11.6. The highest BCUT2D eigenvalue weighted by molar-refractivity contribution is 8.01. The van der Waals surface area contributed by atoms with Gasteiger partial charge in [0.15, 0.2) is 4.34 Å². The predicted molar refractivity (Wildman–Crippen MR) is 84.4 cm³/mol. The van der Waals surface area contributed by atoms with Gasteiger partial charge in [0.05, 0.1) is 22.4 Å². The number of nitrogens with zero attached hydrogens (tertiary/aromatic N) is 1. The molecule has 19 heavy (non-hydrogen) atoms. The summed E-state index contributed by atoms with van der Waals surface area (Å²) >= 11 is 7.60. The first-order chi connectivity index (χ1) is 8.95. The van der Waals surface area contributed by atoms with Crippen LogP contribution < -0.4 is 0 Å². The minimum atomic E-state index is -0.375. The number of thiazole rings is 1. The lowest BCUT2D eigenvalue weighted by Crippen LogP contribution is -2.26. The van der Waals surface area contributed by atoms with Crippen LogP contribution in [0.3, 0.4) is 0 Å². The third-order valence-electron chi connectivity index (χ3n) is 2.72. The topological polar surface area (TPSA) is 39.2 Å². The maximum absolute atomic E-state index is 11.7. The van der Waals surface area contributed by atoms with E-state index < -0.39 is 0 Å². The largest absolute Gasteiger partial charge is 0.466 e. The van der Waals surface area contributed by atoms with Crippen molar-refractivity contribution in [2.75, 3.05) is 12.4 Å². The van der Waals surface area contributed by atoms with Crippen molar-refractivity contribution in [3.63, 3.8) is 0 Å². The van der Waals surface area contributed by atoms with Gasteiger partial charge in [-0.1, -0.05) is 18.2 Å². The molecular formula is C13H21NO2S3. The van der Waals surface area contributed by atoms with Gasteiger partial charge in [0.2, 0.25) is 0 Å². The Morgan fingerprint density at radius 1 is 1.53 bits per heavy atom. The van der Waals surface area contributed by atoms with E-state index in [-0.39, 0.29) is 11.4 Å². The molecule has 0 amide bonds. The number of hydrogen-bond donors (Lipinski definition) is 1. The summed E-state index contributed by atoms with van der Waals surface area (Å²) in [7, 11) is 0. The SMILES string of the molecule is CCOC(=O)C(C)(C)CCCCSc1ncc(S)s1. The summed E-state index contributed by atoms with van der Waals surface area (Å²) in [6, 6.07) is 0. The zero-order valence-corrected chi connectivity index (χ0v) is 14.2. The molecule has 108 valence electrons. The minimum Gasteiger partial charge on any atom is -0.466 e. The van der Waals surface area contributed by atoms with E-state index in [1.54, 1.807) is 29.3 Å². The number of aromatic nitrogens is 1. The third kappa shape index (κ3) is 6.19. The van der Waals surface area contributed by atoms with Gasteiger partial charge >= 0.3 is 5.97 Å². The van der Waals surface area contributed by atoms with E-state index in [2.05, 4.69) is 17.6 Å². The summed E-state index contributed by atoms with van der Waals surface area (Å²) < 4.78 is 7.09. The molecule has 0 aliphatic rings. The lowest BCUT2D eigenvalue weighted by atomic mass is 9.87. The summed E-state index contributed by atoms with van der Waals surface area (Å²) in [4.78, 5) is 16.0. The molecule has 1 rings (SSSR count). The van der Waals surface area contributed by atoms with Crippen LogP contribution in [-0.4, -0.2) is 23.3 Å². The van der Waals surface area contributed by atoms with Crippen molar-refractivity contribution in [2.24, 2.45) is 5.41 Å². The van der Waals surface area contributed by atoms with E-state index in [4.69, 9.17) is 4.74 Å². The summed E-state index contributed by atoms with van der Waals surface area (Å²) in [5, 5.41) is 0. The van der Waals surface area contributed by atoms with Gasteiger partial charge in [-0.25, -0.2) is 4.98 Å². The van der Waals surface area contributed by atoms with Crippen LogP contribution in [-0.2, 0) is 9.53 Å². The highest BCUT2D eigenvalue weighted by Gasteiger charge is 2.28. The standard InChI is InChI=1S/C13H21NO2S3/c1-4-16-11(15)13(2,3)7-5-6-8-18-12-14-9-10(17)19-12/h9,17H,4-8H2,1-3H3. The summed E-state index contributed by atoms with van der Waals surface area (Å²) in [5.41, 5.74) is -0.375. The molecule has 0 bridgehead atoms. The lowest BCUT2D eigenvalue weighted by Gasteiger charge is -2.21. The highest BCUT2D eigenvalue weighted by atomic mass is 32.2. The first kappa shape index (κ1) is 16.9. The highest BCUT2D eigenvalue weighted by Crippen LogP contribution is 2.29. The monoisotopic (exact) mass is 319 g/mol. The average molecular weight is 320 g/mol. The smallest absolute Gasteiger partial charge is 0.311 e. The van der Waals surface area contributed by atoms with Crippen molar-refractivity contribution in [2.45, 2.75) is 48.6 Å². The van der Waals surface area contributed by atoms with Crippen LogP contribution in [0, 0.1) is 5.41 Å². The second-order valence-electron chi connectivity index (χ2n) is 4.87. The number of carbonyl (C=O) groups is 1. The van der Waals surface area contributed by atoms with Crippen molar-refractivity contribution < 1.29 is 9.53 Å². The molecule has 0 atom stereocenters. The van der Waals surface area contributed by atoms with Crippen LogP contribution >= 0.6 is 35.7 Å². The van der Waals surface area contributed by atoms with Gasteiger partial charge in [-0.05, 0) is 33.6 Å². The van der Waals surface area contributed by atoms with E-state index in [1.165, 1.54) is 0 Å². The molecule has 0 aliphatic carbocycles. The Balaban J connectivity index is 2.18. The van der Waals surface area contributed by atoms with Gasteiger partial charge in [-0.3, -0.25) is 4.79 Å². The maximum atomic E-state index is 11.7. The Labute approximate surface area is 128 Å². The number of thioether (sulfide) groups is 1. The van der Waals surface area contributed by atoms with Crippen molar-refractivity contribution in [3.05, 3.63) is 6.20 Å². The molecule has 0 radical (unpaired) electrons.